The zero-order valence-electron chi connectivity index (χ0n) is 10.2. The van der Waals surface area contributed by atoms with Crippen LogP contribution in [0.15, 0.2) is 35.5 Å². The van der Waals surface area contributed by atoms with E-state index in [1.165, 1.54) is 12.4 Å². The zero-order chi connectivity index (χ0) is 15.0. The summed E-state index contributed by atoms with van der Waals surface area (Å²) in [4.78, 5) is 5.72. The van der Waals surface area contributed by atoms with Crippen molar-refractivity contribution in [3.05, 3.63) is 41.7 Å². The third kappa shape index (κ3) is 2.77. The number of sulfonamides is 1. The van der Waals surface area contributed by atoms with E-state index in [9.17, 15) is 21.6 Å². The van der Waals surface area contributed by atoms with E-state index in [0.29, 0.717) is 0 Å². The molecule has 1 heterocycles. The molecule has 0 spiro atoms. The molecule has 0 amide bonds. The first-order valence-corrected chi connectivity index (χ1v) is 6.89. The molecule has 0 radical (unpaired) electrons. The number of alkyl halides is 3. The minimum Gasteiger partial charge on any atom is -0.330 e. The predicted octanol–water partition coefficient (Wildman–Crippen LogP) is 2.54. The number of halogens is 3. The number of benzene rings is 1. The van der Waals surface area contributed by atoms with Crippen LogP contribution in [0.5, 0.6) is 0 Å². The summed E-state index contributed by atoms with van der Waals surface area (Å²) < 4.78 is 64.5. The Morgan fingerprint density at radius 3 is 2.55 bits per heavy atom. The van der Waals surface area contributed by atoms with E-state index in [2.05, 4.69) is 14.7 Å². The molecule has 0 aliphatic rings. The summed E-state index contributed by atoms with van der Waals surface area (Å²) in [5.74, 6) is -0.0678. The Balaban J connectivity index is 2.48. The number of rotatable bonds is 3. The molecule has 0 bridgehead atoms. The van der Waals surface area contributed by atoms with Crippen molar-refractivity contribution in [1.82, 2.24) is 9.97 Å². The quantitative estimate of drug-likeness (QED) is 0.915. The summed E-state index contributed by atoms with van der Waals surface area (Å²) in [7, 11) is -4.14. The SMILES string of the molecule is Cc1c(C(F)(F)F)cccc1S(=O)(=O)Nc1ncc[nH]1. The van der Waals surface area contributed by atoms with E-state index < -0.39 is 26.7 Å². The van der Waals surface area contributed by atoms with E-state index in [0.717, 1.165) is 25.1 Å². The van der Waals surface area contributed by atoms with Gasteiger partial charge in [-0.2, -0.15) is 13.2 Å². The fourth-order valence-electron chi connectivity index (χ4n) is 1.72. The number of imidazole rings is 1. The Hall–Kier alpha value is -2.03. The fraction of sp³-hybridized carbons (Fsp3) is 0.182. The van der Waals surface area contributed by atoms with Crippen LogP contribution < -0.4 is 4.72 Å². The molecule has 0 saturated heterocycles. The maximum atomic E-state index is 12.8. The van der Waals surface area contributed by atoms with Crippen LogP contribution in [0.1, 0.15) is 11.1 Å². The van der Waals surface area contributed by atoms with Gasteiger partial charge in [0.2, 0.25) is 5.95 Å². The van der Waals surface area contributed by atoms with Crippen LogP contribution >= 0.6 is 0 Å². The normalized spacial score (nSPS) is 12.4. The van der Waals surface area contributed by atoms with Crippen molar-refractivity contribution < 1.29 is 21.6 Å². The average Bonchev–Trinajstić information content (AvgIpc) is 2.79. The van der Waals surface area contributed by atoms with Gasteiger partial charge in [-0.05, 0) is 24.6 Å². The third-order valence-electron chi connectivity index (χ3n) is 2.61. The van der Waals surface area contributed by atoms with E-state index in [-0.39, 0.29) is 11.5 Å². The molecule has 1 aromatic carbocycles. The lowest BCUT2D eigenvalue weighted by Gasteiger charge is -2.14. The van der Waals surface area contributed by atoms with Crippen molar-refractivity contribution in [2.45, 2.75) is 18.0 Å². The highest BCUT2D eigenvalue weighted by molar-refractivity contribution is 7.92. The van der Waals surface area contributed by atoms with Gasteiger partial charge in [0.1, 0.15) is 0 Å². The number of aromatic nitrogens is 2. The highest BCUT2D eigenvalue weighted by Gasteiger charge is 2.34. The lowest BCUT2D eigenvalue weighted by molar-refractivity contribution is -0.138. The van der Waals surface area contributed by atoms with Crippen molar-refractivity contribution in [3.8, 4) is 0 Å². The summed E-state index contributed by atoms with van der Waals surface area (Å²) in [5, 5.41) is 0. The number of nitrogens with one attached hydrogen (secondary N) is 2. The smallest absolute Gasteiger partial charge is 0.330 e. The minimum atomic E-state index is -4.61. The van der Waals surface area contributed by atoms with Crippen LogP contribution in [0, 0.1) is 6.92 Å². The summed E-state index contributed by atoms with van der Waals surface area (Å²) in [6, 6.07) is 2.99. The van der Waals surface area contributed by atoms with Gasteiger partial charge in [0.05, 0.1) is 10.5 Å². The van der Waals surface area contributed by atoms with Gasteiger partial charge in [-0.15, -0.1) is 0 Å². The number of hydrogen-bond acceptors (Lipinski definition) is 3. The summed E-state index contributed by atoms with van der Waals surface area (Å²) in [6.45, 7) is 1.11. The first-order valence-electron chi connectivity index (χ1n) is 5.41. The van der Waals surface area contributed by atoms with Gasteiger partial charge in [0.25, 0.3) is 10.0 Å². The molecular weight excluding hydrogens is 295 g/mol. The molecule has 0 atom stereocenters. The lowest BCUT2D eigenvalue weighted by Crippen LogP contribution is -2.17. The molecule has 2 N–H and O–H groups in total. The van der Waals surface area contributed by atoms with Gasteiger partial charge in [0.15, 0.2) is 0 Å². The molecule has 0 aliphatic heterocycles. The fourth-order valence-corrected chi connectivity index (χ4v) is 2.96. The van der Waals surface area contributed by atoms with E-state index in [1.807, 2.05) is 0 Å². The summed E-state index contributed by atoms with van der Waals surface area (Å²) in [5.41, 5.74) is -1.35. The Morgan fingerprint density at radius 1 is 1.30 bits per heavy atom. The number of H-pyrrole nitrogens is 1. The van der Waals surface area contributed by atoms with Gasteiger partial charge in [-0.1, -0.05) is 6.07 Å². The number of nitrogens with zero attached hydrogens (tertiary/aromatic N) is 1. The second kappa shape index (κ2) is 4.82. The first-order chi connectivity index (χ1) is 9.22. The van der Waals surface area contributed by atoms with Crippen LogP contribution in [0.25, 0.3) is 0 Å². The molecule has 9 heteroatoms. The molecule has 0 saturated carbocycles. The Kier molecular flexibility index (Phi) is 3.46. The molecule has 108 valence electrons. The molecule has 0 aliphatic carbocycles. The van der Waals surface area contributed by atoms with E-state index in [4.69, 9.17) is 0 Å². The van der Waals surface area contributed by atoms with Crippen LogP contribution in [0.2, 0.25) is 0 Å². The minimum absolute atomic E-state index is 0.0678. The average molecular weight is 305 g/mol. The molecule has 5 nitrogen and oxygen atoms in total. The summed E-state index contributed by atoms with van der Waals surface area (Å²) >= 11 is 0. The summed E-state index contributed by atoms with van der Waals surface area (Å²) in [6.07, 6.45) is -1.91. The van der Waals surface area contributed by atoms with Gasteiger partial charge in [-0.25, -0.2) is 18.1 Å². The second-order valence-electron chi connectivity index (χ2n) is 3.97. The Bertz CT molecular complexity index is 709. The largest absolute Gasteiger partial charge is 0.416 e. The van der Waals surface area contributed by atoms with Crippen LogP contribution in [0.4, 0.5) is 19.1 Å². The van der Waals surface area contributed by atoms with Gasteiger partial charge < -0.3 is 4.98 Å². The topological polar surface area (TPSA) is 74.8 Å². The van der Waals surface area contributed by atoms with Crippen molar-refractivity contribution in [2.75, 3.05) is 4.72 Å². The Labute approximate surface area is 112 Å². The van der Waals surface area contributed by atoms with Crippen molar-refractivity contribution in [3.63, 3.8) is 0 Å². The maximum Gasteiger partial charge on any atom is 0.416 e. The Morgan fingerprint density at radius 2 is 2.00 bits per heavy atom. The molecule has 1 aromatic heterocycles. The number of hydrogen-bond donors (Lipinski definition) is 2. The maximum absolute atomic E-state index is 12.8. The first kappa shape index (κ1) is 14.4. The standard InChI is InChI=1S/C11H10F3N3O2S/c1-7-8(11(12,13)14)3-2-4-9(7)20(18,19)17-10-15-5-6-16-10/h2-6H,1H3,(H2,15,16,17). The molecular formula is C11H10F3N3O2S. The van der Waals surface area contributed by atoms with Crippen molar-refractivity contribution in [2.24, 2.45) is 0 Å². The molecule has 0 fully saturated rings. The monoisotopic (exact) mass is 305 g/mol. The number of aromatic amines is 1. The van der Waals surface area contributed by atoms with Crippen LogP contribution in [-0.2, 0) is 16.2 Å². The van der Waals surface area contributed by atoms with E-state index in [1.54, 1.807) is 0 Å². The molecule has 2 aromatic rings. The lowest BCUT2D eigenvalue weighted by atomic mass is 10.1. The van der Waals surface area contributed by atoms with Crippen LogP contribution in [0.3, 0.4) is 0 Å². The number of anilines is 1. The molecule has 0 unspecified atom stereocenters. The third-order valence-corrected chi connectivity index (χ3v) is 4.09. The van der Waals surface area contributed by atoms with Crippen LogP contribution in [-0.4, -0.2) is 18.4 Å². The van der Waals surface area contributed by atoms with Gasteiger partial charge >= 0.3 is 6.18 Å². The predicted molar refractivity (Wildman–Crippen MR) is 65.6 cm³/mol. The van der Waals surface area contributed by atoms with E-state index >= 15 is 0 Å². The molecule has 20 heavy (non-hydrogen) atoms. The zero-order valence-corrected chi connectivity index (χ0v) is 11.0. The van der Waals surface area contributed by atoms with Gasteiger partial charge in [0, 0.05) is 12.4 Å². The van der Waals surface area contributed by atoms with Gasteiger partial charge in [-0.3, -0.25) is 0 Å². The van der Waals surface area contributed by atoms with Crippen molar-refractivity contribution >= 4 is 16.0 Å². The highest BCUT2D eigenvalue weighted by atomic mass is 32.2. The highest BCUT2D eigenvalue weighted by Crippen LogP contribution is 2.34. The van der Waals surface area contributed by atoms with Crippen molar-refractivity contribution in [1.29, 1.82) is 0 Å². The second-order valence-corrected chi connectivity index (χ2v) is 5.62. The molecule has 2 rings (SSSR count).